The molecule has 3 N–H and O–H groups in total. The van der Waals surface area contributed by atoms with Crippen molar-refractivity contribution >= 4 is 11.3 Å². The van der Waals surface area contributed by atoms with Crippen molar-refractivity contribution in [2.45, 2.75) is 19.9 Å². The molecule has 0 aromatic carbocycles. The smallest absolute Gasteiger partial charge is 0.173 e. The molecule has 1 saturated heterocycles. The Labute approximate surface area is 116 Å². The van der Waals surface area contributed by atoms with E-state index in [9.17, 15) is 4.39 Å². The van der Waals surface area contributed by atoms with E-state index in [1.807, 2.05) is 19.3 Å². The van der Waals surface area contributed by atoms with Crippen LogP contribution in [-0.4, -0.2) is 28.5 Å². The van der Waals surface area contributed by atoms with Gasteiger partial charge in [0.05, 0.1) is 11.4 Å². The zero-order valence-electron chi connectivity index (χ0n) is 11.6. The minimum Gasteiger partial charge on any atom is -0.382 e. The quantitative estimate of drug-likeness (QED) is 0.779. The van der Waals surface area contributed by atoms with Crippen molar-refractivity contribution in [3.8, 4) is 0 Å². The van der Waals surface area contributed by atoms with Gasteiger partial charge in [0.25, 0.3) is 0 Å². The van der Waals surface area contributed by atoms with Gasteiger partial charge in [0.1, 0.15) is 0 Å². The summed E-state index contributed by atoms with van der Waals surface area (Å²) < 4.78 is 15.6. The van der Waals surface area contributed by atoms with Gasteiger partial charge in [0, 0.05) is 49.5 Å². The van der Waals surface area contributed by atoms with Crippen LogP contribution in [0, 0.1) is 12.7 Å². The lowest BCUT2D eigenvalue weighted by Crippen LogP contribution is -2.45. The molecular weight excluding hydrogens is 257 g/mol. The van der Waals surface area contributed by atoms with Crippen LogP contribution < -0.4 is 16.0 Å². The predicted molar refractivity (Wildman–Crippen MR) is 77.1 cm³/mol. The summed E-state index contributed by atoms with van der Waals surface area (Å²) in [6, 6.07) is 1.85. The van der Waals surface area contributed by atoms with Crippen molar-refractivity contribution < 1.29 is 4.39 Å². The van der Waals surface area contributed by atoms with Gasteiger partial charge in [-0.2, -0.15) is 0 Å². The van der Waals surface area contributed by atoms with Crippen LogP contribution in [0.5, 0.6) is 0 Å². The SMILES string of the molecule is Cc1cn2cc(N/C=C3\CNC[C@H](C)N3)cc(F)c2n1. The molecule has 106 valence electrons. The summed E-state index contributed by atoms with van der Waals surface area (Å²) in [5, 5.41) is 9.79. The first-order valence-corrected chi connectivity index (χ1v) is 6.69. The first-order chi connectivity index (χ1) is 9.61. The summed E-state index contributed by atoms with van der Waals surface area (Å²) >= 11 is 0. The summed E-state index contributed by atoms with van der Waals surface area (Å²) in [6.07, 6.45) is 5.50. The van der Waals surface area contributed by atoms with E-state index in [4.69, 9.17) is 0 Å². The minimum absolute atomic E-state index is 0.329. The Morgan fingerprint density at radius 3 is 3.15 bits per heavy atom. The second-order valence-electron chi connectivity index (χ2n) is 5.18. The molecule has 0 aliphatic carbocycles. The molecule has 3 rings (SSSR count). The van der Waals surface area contributed by atoms with Crippen LogP contribution in [-0.2, 0) is 0 Å². The molecule has 0 amide bonds. The number of anilines is 1. The summed E-state index contributed by atoms with van der Waals surface area (Å²) in [5.74, 6) is -0.329. The Hall–Kier alpha value is -2.08. The first-order valence-electron chi connectivity index (χ1n) is 6.69. The molecular formula is C14H18FN5. The van der Waals surface area contributed by atoms with Crippen LogP contribution in [0.2, 0.25) is 0 Å². The van der Waals surface area contributed by atoms with Gasteiger partial charge >= 0.3 is 0 Å². The lowest BCUT2D eigenvalue weighted by molar-refractivity contribution is 0.493. The molecule has 20 heavy (non-hydrogen) atoms. The molecule has 0 radical (unpaired) electrons. The van der Waals surface area contributed by atoms with Gasteiger partial charge < -0.3 is 20.4 Å². The van der Waals surface area contributed by atoms with Crippen molar-refractivity contribution in [3.63, 3.8) is 0 Å². The lowest BCUT2D eigenvalue weighted by Gasteiger charge is -2.24. The number of fused-ring (bicyclic) bond motifs is 1. The molecule has 2 aromatic rings. The third kappa shape index (κ3) is 2.60. The second kappa shape index (κ2) is 5.13. The Balaban J connectivity index is 1.82. The largest absolute Gasteiger partial charge is 0.382 e. The summed E-state index contributed by atoms with van der Waals surface area (Å²) in [5.41, 5.74) is 2.91. The van der Waals surface area contributed by atoms with Gasteiger partial charge in [-0.25, -0.2) is 9.37 Å². The Morgan fingerprint density at radius 1 is 1.50 bits per heavy atom. The van der Waals surface area contributed by atoms with Gasteiger partial charge in [-0.3, -0.25) is 0 Å². The van der Waals surface area contributed by atoms with Gasteiger partial charge in [-0.1, -0.05) is 0 Å². The molecule has 0 saturated carbocycles. The highest BCUT2D eigenvalue weighted by Gasteiger charge is 2.10. The second-order valence-corrected chi connectivity index (χ2v) is 5.18. The van der Waals surface area contributed by atoms with E-state index in [1.165, 1.54) is 6.07 Å². The van der Waals surface area contributed by atoms with Crippen molar-refractivity contribution in [1.29, 1.82) is 0 Å². The summed E-state index contributed by atoms with van der Waals surface area (Å²) in [4.78, 5) is 4.14. The number of aromatic nitrogens is 2. The van der Waals surface area contributed by atoms with E-state index < -0.39 is 0 Å². The molecule has 1 atom stereocenters. The molecule has 6 heteroatoms. The first kappa shape index (κ1) is 12.9. The molecule has 1 aliphatic rings. The third-order valence-corrected chi connectivity index (χ3v) is 3.24. The normalized spacial score (nSPS) is 21.1. The number of nitrogens with zero attached hydrogens (tertiary/aromatic N) is 2. The van der Waals surface area contributed by atoms with Gasteiger partial charge in [0.15, 0.2) is 11.5 Å². The Bertz CT molecular complexity index is 661. The van der Waals surface area contributed by atoms with Gasteiger partial charge in [-0.05, 0) is 13.8 Å². The number of pyridine rings is 1. The van der Waals surface area contributed by atoms with Crippen molar-refractivity contribution in [2.75, 3.05) is 18.4 Å². The standard InChI is InChI=1S/C14H18FN5/c1-9-4-16-5-12(18-9)6-17-11-3-13(15)14-19-10(2)7-20(14)8-11/h3,6-9,16-18H,4-5H2,1-2H3/b12-6+/t9-/m0/s1. The number of hydrogen-bond acceptors (Lipinski definition) is 4. The topological polar surface area (TPSA) is 53.4 Å². The van der Waals surface area contributed by atoms with Gasteiger partial charge in [0.2, 0.25) is 0 Å². The fourth-order valence-electron chi connectivity index (χ4n) is 2.36. The number of nitrogens with one attached hydrogen (secondary N) is 3. The third-order valence-electron chi connectivity index (χ3n) is 3.24. The molecule has 0 unspecified atom stereocenters. The van der Waals surface area contributed by atoms with Crippen LogP contribution in [0.4, 0.5) is 10.1 Å². The van der Waals surface area contributed by atoms with E-state index in [2.05, 4.69) is 27.9 Å². The molecule has 5 nitrogen and oxygen atoms in total. The number of aryl methyl sites for hydroxylation is 1. The van der Waals surface area contributed by atoms with E-state index in [-0.39, 0.29) is 5.82 Å². The predicted octanol–water partition coefficient (Wildman–Crippen LogP) is 1.62. The minimum atomic E-state index is -0.329. The van der Waals surface area contributed by atoms with Crippen molar-refractivity contribution in [3.05, 3.63) is 41.9 Å². The lowest BCUT2D eigenvalue weighted by atomic mass is 10.2. The zero-order valence-corrected chi connectivity index (χ0v) is 11.6. The maximum atomic E-state index is 13.9. The fourth-order valence-corrected chi connectivity index (χ4v) is 2.36. The summed E-state index contributed by atoms with van der Waals surface area (Å²) in [6.45, 7) is 5.69. The fraction of sp³-hybridized carbons (Fsp3) is 0.357. The van der Waals surface area contributed by atoms with Crippen LogP contribution in [0.25, 0.3) is 5.65 Å². The zero-order chi connectivity index (χ0) is 14.1. The van der Waals surface area contributed by atoms with Crippen molar-refractivity contribution in [1.82, 2.24) is 20.0 Å². The number of piperazine rings is 1. The van der Waals surface area contributed by atoms with E-state index in [0.29, 0.717) is 17.4 Å². The maximum absolute atomic E-state index is 13.9. The monoisotopic (exact) mass is 275 g/mol. The molecule has 3 heterocycles. The highest BCUT2D eigenvalue weighted by molar-refractivity contribution is 5.53. The number of imidazole rings is 1. The highest BCUT2D eigenvalue weighted by atomic mass is 19.1. The Kier molecular flexibility index (Phi) is 3.31. The van der Waals surface area contributed by atoms with Crippen LogP contribution in [0.15, 0.2) is 30.4 Å². The van der Waals surface area contributed by atoms with E-state index in [1.54, 1.807) is 10.6 Å². The van der Waals surface area contributed by atoms with Crippen LogP contribution >= 0.6 is 0 Å². The molecule has 1 fully saturated rings. The maximum Gasteiger partial charge on any atom is 0.173 e. The average Bonchev–Trinajstić information content (AvgIpc) is 2.78. The van der Waals surface area contributed by atoms with Crippen LogP contribution in [0.3, 0.4) is 0 Å². The number of halogens is 1. The number of hydrogen-bond donors (Lipinski definition) is 3. The van der Waals surface area contributed by atoms with E-state index in [0.717, 1.165) is 24.5 Å². The van der Waals surface area contributed by atoms with Gasteiger partial charge in [-0.15, -0.1) is 0 Å². The Morgan fingerprint density at radius 2 is 2.35 bits per heavy atom. The average molecular weight is 275 g/mol. The summed E-state index contributed by atoms with van der Waals surface area (Å²) in [7, 11) is 0. The molecule has 2 aromatic heterocycles. The molecule has 1 aliphatic heterocycles. The van der Waals surface area contributed by atoms with Crippen molar-refractivity contribution in [2.24, 2.45) is 0 Å². The highest BCUT2D eigenvalue weighted by Crippen LogP contribution is 2.16. The number of rotatable bonds is 2. The molecule has 0 spiro atoms. The van der Waals surface area contributed by atoms with E-state index >= 15 is 0 Å². The molecule has 0 bridgehead atoms. The van der Waals surface area contributed by atoms with Crippen LogP contribution in [0.1, 0.15) is 12.6 Å².